The van der Waals surface area contributed by atoms with Crippen LogP contribution in [0.5, 0.6) is 0 Å². The van der Waals surface area contributed by atoms with Crippen LogP contribution < -0.4 is 5.32 Å². The maximum absolute atomic E-state index is 12.2. The molecule has 0 atom stereocenters. The lowest BCUT2D eigenvalue weighted by Crippen LogP contribution is -2.13. The molecule has 2 aromatic rings. The van der Waals surface area contributed by atoms with Crippen molar-refractivity contribution < 1.29 is 4.79 Å². The Hall–Kier alpha value is -1.61. The molecule has 0 aromatic heterocycles. The number of hydrogen-bond acceptors (Lipinski definition) is 1. The summed E-state index contributed by atoms with van der Waals surface area (Å²) in [4.78, 5) is 12.2. The first kappa shape index (κ1) is 13.8. The first-order valence-corrected chi connectivity index (χ1v) is 7.03. The Morgan fingerprint density at radius 1 is 1.05 bits per heavy atom. The minimum absolute atomic E-state index is 0.0828. The zero-order chi connectivity index (χ0) is 13.8. The monoisotopic (exact) mass is 317 g/mol. The van der Waals surface area contributed by atoms with Gasteiger partial charge in [0.2, 0.25) is 0 Å². The smallest absolute Gasteiger partial charge is 0.255 e. The molecule has 0 aliphatic rings. The van der Waals surface area contributed by atoms with Crippen molar-refractivity contribution in [3.05, 3.63) is 64.1 Å². The Morgan fingerprint density at radius 3 is 2.32 bits per heavy atom. The molecule has 0 spiro atoms. The van der Waals surface area contributed by atoms with Crippen LogP contribution in [0.3, 0.4) is 0 Å². The van der Waals surface area contributed by atoms with Gasteiger partial charge in [-0.25, -0.2) is 0 Å². The van der Waals surface area contributed by atoms with Gasteiger partial charge in [0.15, 0.2) is 0 Å². The quantitative estimate of drug-likeness (QED) is 0.863. The van der Waals surface area contributed by atoms with Crippen LogP contribution in [0.25, 0.3) is 0 Å². The van der Waals surface area contributed by atoms with Gasteiger partial charge >= 0.3 is 0 Å². The average Bonchev–Trinajstić information content (AvgIpc) is 2.39. The molecule has 2 rings (SSSR count). The number of nitrogens with one attached hydrogen (secondary N) is 1. The first-order valence-electron chi connectivity index (χ1n) is 6.24. The molecule has 2 nitrogen and oxygen atoms in total. The summed E-state index contributed by atoms with van der Waals surface area (Å²) < 4.78 is 0.964. The molecule has 0 radical (unpaired) electrons. The third kappa shape index (κ3) is 3.44. The van der Waals surface area contributed by atoms with Crippen LogP contribution in [0.15, 0.2) is 53.0 Å². The molecular weight excluding hydrogens is 302 g/mol. The lowest BCUT2D eigenvalue weighted by atomic mass is 10.0. The van der Waals surface area contributed by atoms with E-state index in [-0.39, 0.29) is 5.91 Å². The van der Waals surface area contributed by atoms with E-state index in [4.69, 9.17) is 0 Å². The highest BCUT2D eigenvalue weighted by Gasteiger charge is 2.10. The van der Waals surface area contributed by atoms with E-state index < -0.39 is 0 Å². The number of anilines is 1. The Kier molecular flexibility index (Phi) is 4.38. The fourth-order valence-corrected chi connectivity index (χ4v) is 2.17. The van der Waals surface area contributed by atoms with Gasteiger partial charge < -0.3 is 5.32 Å². The predicted molar refractivity (Wildman–Crippen MR) is 82.6 cm³/mol. The number of amides is 1. The highest BCUT2D eigenvalue weighted by Crippen LogP contribution is 2.24. The molecule has 19 heavy (non-hydrogen) atoms. The SMILES string of the molecule is CC(C)c1ccccc1NC(=O)c1ccc(Br)cc1. The minimum atomic E-state index is -0.0828. The number of benzene rings is 2. The van der Waals surface area contributed by atoms with Crippen molar-refractivity contribution in [1.29, 1.82) is 0 Å². The molecule has 0 heterocycles. The van der Waals surface area contributed by atoms with Crippen molar-refractivity contribution >= 4 is 27.5 Å². The van der Waals surface area contributed by atoms with Gasteiger partial charge in [-0.1, -0.05) is 48.0 Å². The van der Waals surface area contributed by atoms with Crippen molar-refractivity contribution in [3.8, 4) is 0 Å². The Morgan fingerprint density at radius 2 is 1.68 bits per heavy atom. The molecule has 3 heteroatoms. The summed E-state index contributed by atoms with van der Waals surface area (Å²) in [5, 5.41) is 2.97. The maximum Gasteiger partial charge on any atom is 0.255 e. The van der Waals surface area contributed by atoms with Crippen LogP contribution in [0.2, 0.25) is 0 Å². The van der Waals surface area contributed by atoms with Crippen molar-refractivity contribution in [3.63, 3.8) is 0 Å². The molecule has 1 amide bonds. The summed E-state index contributed by atoms with van der Waals surface area (Å²) in [7, 11) is 0. The second-order valence-electron chi connectivity index (χ2n) is 4.70. The van der Waals surface area contributed by atoms with Gasteiger partial charge in [-0.3, -0.25) is 4.79 Å². The van der Waals surface area contributed by atoms with E-state index in [1.165, 1.54) is 0 Å². The van der Waals surface area contributed by atoms with Crippen molar-refractivity contribution in [2.45, 2.75) is 19.8 Å². The first-order chi connectivity index (χ1) is 9.08. The Balaban J connectivity index is 2.22. The summed E-state index contributed by atoms with van der Waals surface area (Å²) in [6.07, 6.45) is 0. The normalized spacial score (nSPS) is 10.5. The van der Waals surface area contributed by atoms with E-state index >= 15 is 0 Å². The second-order valence-corrected chi connectivity index (χ2v) is 5.62. The number of hydrogen-bond donors (Lipinski definition) is 1. The lowest BCUT2D eigenvalue weighted by molar-refractivity contribution is 0.102. The molecule has 0 fully saturated rings. The van der Waals surface area contributed by atoms with Crippen LogP contribution in [-0.4, -0.2) is 5.91 Å². The third-order valence-electron chi connectivity index (χ3n) is 2.94. The molecule has 0 unspecified atom stereocenters. The highest BCUT2D eigenvalue weighted by molar-refractivity contribution is 9.10. The van der Waals surface area contributed by atoms with Gasteiger partial charge in [-0.05, 0) is 41.8 Å². The number of carbonyl (C=O) groups is 1. The maximum atomic E-state index is 12.2. The summed E-state index contributed by atoms with van der Waals surface area (Å²) in [5.74, 6) is 0.294. The fourth-order valence-electron chi connectivity index (χ4n) is 1.91. The van der Waals surface area contributed by atoms with Crippen LogP contribution >= 0.6 is 15.9 Å². The molecule has 0 aliphatic heterocycles. The zero-order valence-electron chi connectivity index (χ0n) is 11.0. The van der Waals surface area contributed by atoms with E-state index in [0.717, 1.165) is 15.7 Å². The second kappa shape index (κ2) is 6.02. The molecule has 0 saturated heterocycles. The van der Waals surface area contributed by atoms with Crippen LogP contribution in [0.4, 0.5) is 5.69 Å². The van der Waals surface area contributed by atoms with Gasteiger partial charge in [0.05, 0.1) is 0 Å². The summed E-state index contributed by atoms with van der Waals surface area (Å²) in [5.41, 5.74) is 2.68. The highest BCUT2D eigenvalue weighted by atomic mass is 79.9. The third-order valence-corrected chi connectivity index (χ3v) is 3.47. The molecule has 2 aromatic carbocycles. The number of rotatable bonds is 3. The zero-order valence-corrected chi connectivity index (χ0v) is 12.6. The number of carbonyl (C=O) groups excluding carboxylic acids is 1. The fraction of sp³-hybridized carbons (Fsp3) is 0.188. The molecular formula is C16H16BrNO. The van der Waals surface area contributed by atoms with Gasteiger partial charge in [-0.2, -0.15) is 0 Å². The van der Waals surface area contributed by atoms with Crippen LogP contribution in [-0.2, 0) is 0 Å². The summed E-state index contributed by atoms with van der Waals surface area (Å²) in [6.45, 7) is 4.23. The van der Waals surface area contributed by atoms with E-state index in [9.17, 15) is 4.79 Å². The Bertz CT molecular complexity index is 576. The minimum Gasteiger partial charge on any atom is -0.322 e. The molecule has 0 saturated carbocycles. The van der Waals surface area contributed by atoms with Crippen LogP contribution in [0, 0.1) is 0 Å². The van der Waals surface area contributed by atoms with Crippen molar-refractivity contribution in [2.75, 3.05) is 5.32 Å². The molecule has 98 valence electrons. The van der Waals surface area contributed by atoms with Gasteiger partial charge in [0, 0.05) is 15.7 Å². The number of para-hydroxylation sites is 1. The average molecular weight is 318 g/mol. The predicted octanol–water partition coefficient (Wildman–Crippen LogP) is 4.82. The summed E-state index contributed by atoms with van der Waals surface area (Å²) >= 11 is 3.36. The van der Waals surface area contributed by atoms with Crippen molar-refractivity contribution in [1.82, 2.24) is 0 Å². The number of halogens is 1. The van der Waals surface area contributed by atoms with Gasteiger partial charge in [0.25, 0.3) is 5.91 Å². The van der Waals surface area contributed by atoms with E-state index in [2.05, 4.69) is 35.1 Å². The van der Waals surface area contributed by atoms with E-state index in [0.29, 0.717) is 11.5 Å². The van der Waals surface area contributed by atoms with Crippen LogP contribution in [0.1, 0.15) is 35.7 Å². The Labute approximate surface area is 122 Å². The standard InChI is InChI=1S/C16H16BrNO/c1-11(2)14-5-3-4-6-15(14)18-16(19)12-7-9-13(17)10-8-12/h3-11H,1-2H3,(H,18,19). The van der Waals surface area contributed by atoms with Gasteiger partial charge in [-0.15, -0.1) is 0 Å². The summed E-state index contributed by atoms with van der Waals surface area (Å²) in [6, 6.07) is 15.2. The molecule has 1 N–H and O–H groups in total. The molecule has 0 bridgehead atoms. The lowest BCUT2D eigenvalue weighted by Gasteiger charge is -2.13. The van der Waals surface area contributed by atoms with Gasteiger partial charge in [0.1, 0.15) is 0 Å². The molecule has 0 aliphatic carbocycles. The van der Waals surface area contributed by atoms with E-state index in [1.54, 1.807) is 12.1 Å². The van der Waals surface area contributed by atoms with E-state index in [1.807, 2.05) is 36.4 Å². The topological polar surface area (TPSA) is 29.1 Å². The largest absolute Gasteiger partial charge is 0.322 e. The van der Waals surface area contributed by atoms with Crippen molar-refractivity contribution in [2.24, 2.45) is 0 Å².